The van der Waals surface area contributed by atoms with E-state index in [0.717, 1.165) is 11.4 Å². The maximum absolute atomic E-state index is 12.7. The van der Waals surface area contributed by atoms with E-state index in [1.807, 2.05) is 11.5 Å². The first-order chi connectivity index (χ1) is 15.1. The maximum Gasteiger partial charge on any atom is 0.358 e. The number of Topliss-reactive ketones (excluding diaryl/α,β-unsaturated/α-hetero) is 1. The minimum Gasteiger partial charge on any atom is -0.465 e. The van der Waals surface area contributed by atoms with Gasteiger partial charge in [0, 0.05) is 28.8 Å². The molecule has 0 saturated heterocycles. The number of esters is 2. The fourth-order valence-electron chi connectivity index (χ4n) is 3.17. The number of carbonyl (C=O) groups excluding carboxylic acids is 3. The third-order valence-electron chi connectivity index (χ3n) is 4.72. The number of methoxy groups -OCH3 is 1. The molecule has 3 rings (SSSR count). The van der Waals surface area contributed by atoms with Gasteiger partial charge >= 0.3 is 11.9 Å². The van der Waals surface area contributed by atoms with E-state index in [1.54, 1.807) is 37.3 Å². The first kappa shape index (κ1) is 23.8. The van der Waals surface area contributed by atoms with Crippen molar-refractivity contribution in [2.75, 3.05) is 13.7 Å². The summed E-state index contributed by atoms with van der Waals surface area (Å²) < 4.78 is 11.6. The molecule has 0 unspecified atom stereocenters. The van der Waals surface area contributed by atoms with Crippen LogP contribution in [0.15, 0.2) is 36.5 Å². The summed E-state index contributed by atoms with van der Waals surface area (Å²) in [6, 6.07) is 8.47. The van der Waals surface area contributed by atoms with Gasteiger partial charge in [0.15, 0.2) is 12.3 Å². The monoisotopic (exact) mass is 494 g/mol. The highest BCUT2D eigenvalue weighted by molar-refractivity contribution is 6.48. The number of hydrogen-bond donors (Lipinski definition) is 0. The van der Waals surface area contributed by atoms with Gasteiger partial charge in [-0.2, -0.15) is 0 Å². The molecule has 2 aromatic heterocycles. The Morgan fingerprint density at radius 1 is 1.00 bits per heavy atom. The average Bonchev–Trinajstić information content (AvgIpc) is 3.09. The third-order valence-corrected chi connectivity index (χ3v) is 5.96. The van der Waals surface area contributed by atoms with Gasteiger partial charge in [-0.15, -0.1) is 0 Å². The maximum atomic E-state index is 12.7. The van der Waals surface area contributed by atoms with Crippen LogP contribution >= 0.6 is 34.8 Å². The van der Waals surface area contributed by atoms with E-state index in [4.69, 9.17) is 44.3 Å². The lowest BCUT2D eigenvalue weighted by atomic mass is 10.1. The number of hydrogen-bond acceptors (Lipinski definition) is 6. The smallest absolute Gasteiger partial charge is 0.358 e. The average molecular weight is 496 g/mol. The number of aryl methyl sites for hydroxylation is 1. The third kappa shape index (κ3) is 4.65. The fraction of sp³-hybridized carbons (Fsp3) is 0.182. The molecule has 0 radical (unpaired) electrons. The number of benzene rings is 1. The molecule has 0 aliphatic carbocycles. The highest BCUT2D eigenvalue weighted by atomic mass is 35.5. The zero-order valence-corrected chi connectivity index (χ0v) is 19.5. The van der Waals surface area contributed by atoms with Crippen LogP contribution in [0.2, 0.25) is 15.1 Å². The van der Waals surface area contributed by atoms with Gasteiger partial charge in [0.1, 0.15) is 0 Å². The van der Waals surface area contributed by atoms with Crippen molar-refractivity contribution in [3.05, 3.63) is 79.8 Å². The number of ether oxygens (including phenoxy) is 2. The molecule has 2 heterocycles. The van der Waals surface area contributed by atoms with Gasteiger partial charge in [-0.1, -0.05) is 34.8 Å². The van der Waals surface area contributed by atoms with Crippen LogP contribution in [0, 0.1) is 13.8 Å². The number of pyridine rings is 1. The van der Waals surface area contributed by atoms with Gasteiger partial charge in [-0.25, -0.2) is 14.6 Å². The number of ketones is 1. The first-order valence-corrected chi connectivity index (χ1v) is 10.4. The molecule has 0 fully saturated rings. The number of rotatable bonds is 6. The summed E-state index contributed by atoms with van der Waals surface area (Å²) in [5.74, 6) is -1.74. The van der Waals surface area contributed by atoms with Crippen LogP contribution in [-0.2, 0) is 9.47 Å². The van der Waals surface area contributed by atoms with E-state index in [9.17, 15) is 14.4 Å². The van der Waals surface area contributed by atoms with Crippen LogP contribution < -0.4 is 0 Å². The molecule has 0 bridgehead atoms. The summed E-state index contributed by atoms with van der Waals surface area (Å²) in [5, 5.41) is -0.0788. The van der Waals surface area contributed by atoms with Crippen LogP contribution in [-0.4, -0.2) is 41.0 Å². The summed E-state index contributed by atoms with van der Waals surface area (Å²) in [6.07, 6.45) is 1.17. The summed E-state index contributed by atoms with van der Waals surface area (Å²) in [4.78, 5) is 40.5. The molecule has 3 aromatic rings. The first-order valence-electron chi connectivity index (χ1n) is 9.23. The van der Waals surface area contributed by atoms with Crippen LogP contribution in [0.1, 0.15) is 42.6 Å². The van der Waals surface area contributed by atoms with Gasteiger partial charge in [0.25, 0.3) is 0 Å². The summed E-state index contributed by atoms with van der Waals surface area (Å²) in [5.41, 5.74) is 2.77. The molecule has 0 saturated carbocycles. The van der Waals surface area contributed by atoms with Gasteiger partial charge in [-0.3, -0.25) is 4.79 Å². The van der Waals surface area contributed by atoms with Crippen molar-refractivity contribution in [1.29, 1.82) is 0 Å². The van der Waals surface area contributed by atoms with Crippen molar-refractivity contribution < 1.29 is 23.9 Å². The van der Waals surface area contributed by atoms with Gasteiger partial charge < -0.3 is 14.0 Å². The predicted molar refractivity (Wildman–Crippen MR) is 120 cm³/mol. The lowest BCUT2D eigenvalue weighted by Gasteiger charge is -2.11. The fourth-order valence-corrected chi connectivity index (χ4v) is 3.73. The van der Waals surface area contributed by atoms with E-state index in [-0.39, 0.29) is 20.8 Å². The highest BCUT2D eigenvalue weighted by Gasteiger charge is 2.22. The van der Waals surface area contributed by atoms with Crippen molar-refractivity contribution in [1.82, 2.24) is 9.55 Å². The molecule has 0 amide bonds. The van der Waals surface area contributed by atoms with Crippen LogP contribution in [0.25, 0.3) is 5.69 Å². The Morgan fingerprint density at radius 2 is 1.66 bits per heavy atom. The van der Waals surface area contributed by atoms with E-state index in [1.165, 1.54) is 13.3 Å². The Morgan fingerprint density at radius 3 is 2.28 bits per heavy atom. The largest absolute Gasteiger partial charge is 0.465 e. The van der Waals surface area contributed by atoms with Crippen LogP contribution in [0.5, 0.6) is 0 Å². The number of aromatic nitrogens is 2. The van der Waals surface area contributed by atoms with E-state index >= 15 is 0 Å². The van der Waals surface area contributed by atoms with Crippen LogP contribution in [0.4, 0.5) is 0 Å². The van der Waals surface area contributed by atoms with Crippen LogP contribution in [0.3, 0.4) is 0 Å². The molecule has 32 heavy (non-hydrogen) atoms. The molecule has 7 nitrogen and oxygen atoms in total. The van der Waals surface area contributed by atoms with Crippen molar-refractivity contribution in [3.63, 3.8) is 0 Å². The second-order valence-corrected chi connectivity index (χ2v) is 7.90. The Kier molecular flexibility index (Phi) is 7.23. The number of halogens is 3. The van der Waals surface area contributed by atoms with Crippen molar-refractivity contribution >= 4 is 52.5 Å². The minimum absolute atomic E-state index is 0.0247. The van der Waals surface area contributed by atoms with E-state index in [2.05, 4.69) is 4.98 Å². The molecule has 1 aromatic carbocycles. The minimum atomic E-state index is -0.894. The zero-order chi connectivity index (χ0) is 23.6. The molecule has 0 spiro atoms. The lowest BCUT2D eigenvalue weighted by molar-refractivity contribution is 0.0468. The summed E-state index contributed by atoms with van der Waals surface area (Å²) in [7, 11) is 1.31. The van der Waals surface area contributed by atoms with Gasteiger partial charge in [0.05, 0.1) is 27.7 Å². The predicted octanol–water partition coefficient (Wildman–Crippen LogP) is 5.28. The Balaban J connectivity index is 1.78. The Hall–Kier alpha value is -2.87. The zero-order valence-electron chi connectivity index (χ0n) is 17.2. The normalized spacial score (nSPS) is 10.7. The van der Waals surface area contributed by atoms with E-state index in [0.29, 0.717) is 16.8 Å². The standard InChI is InChI=1S/C22H17Cl3N2O5/c1-11-8-15(12(2)27(11)14-6-4-13(5-7-14)21(29)31-3)17(28)10-32-22(30)20-19(25)18(24)16(23)9-26-20/h4-9H,10H2,1-3H3. The lowest BCUT2D eigenvalue weighted by Crippen LogP contribution is -2.16. The van der Waals surface area contributed by atoms with E-state index < -0.39 is 24.3 Å². The molecular weight excluding hydrogens is 479 g/mol. The van der Waals surface area contributed by atoms with Crippen molar-refractivity contribution in [2.24, 2.45) is 0 Å². The molecular formula is C22H17Cl3N2O5. The number of nitrogens with zero attached hydrogens (tertiary/aromatic N) is 2. The molecule has 0 aliphatic heterocycles. The van der Waals surface area contributed by atoms with Gasteiger partial charge in [0.2, 0.25) is 5.78 Å². The van der Waals surface area contributed by atoms with Crippen molar-refractivity contribution in [3.8, 4) is 5.69 Å². The Labute approximate surface area is 198 Å². The van der Waals surface area contributed by atoms with Crippen molar-refractivity contribution in [2.45, 2.75) is 13.8 Å². The molecule has 0 atom stereocenters. The molecule has 166 valence electrons. The highest BCUT2D eigenvalue weighted by Crippen LogP contribution is 2.31. The summed E-state index contributed by atoms with van der Waals surface area (Å²) >= 11 is 17.7. The Bertz CT molecular complexity index is 1220. The second-order valence-electron chi connectivity index (χ2n) is 6.74. The quantitative estimate of drug-likeness (QED) is 0.342. The number of carbonyl (C=O) groups is 3. The molecule has 10 heteroatoms. The second kappa shape index (κ2) is 9.73. The summed E-state index contributed by atoms with van der Waals surface area (Å²) in [6.45, 7) is 3.10. The molecule has 0 aliphatic rings. The topological polar surface area (TPSA) is 87.5 Å². The molecule has 0 N–H and O–H groups in total. The SMILES string of the molecule is COC(=O)c1ccc(-n2c(C)cc(C(=O)COC(=O)c3ncc(Cl)c(Cl)c3Cl)c2C)cc1. The van der Waals surface area contributed by atoms with Gasteiger partial charge in [-0.05, 0) is 44.2 Å².